The number of halogens is 1. The van der Waals surface area contributed by atoms with E-state index in [0.29, 0.717) is 22.8 Å². The first kappa shape index (κ1) is 28.5. The first-order valence-corrected chi connectivity index (χ1v) is 18.2. The molecule has 3 aliphatic rings. The Morgan fingerprint density at radius 1 is 0.878 bits per heavy atom. The summed E-state index contributed by atoms with van der Waals surface area (Å²) >= 11 is 6.55. The van der Waals surface area contributed by atoms with Crippen molar-refractivity contribution in [2.24, 2.45) is 0 Å². The third kappa shape index (κ3) is 6.74. The number of hydrogen-bond acceptors (Lipinski definition) is 7. The van der Waals surface area contributed by atoms with E-state index in [1.54, 1.807) is 6.20 Å². The molecule has 1 aromatic heterocycles. The predicted octanol–water partition coefficient (Wildman–Crippen LogP) is 7.20. The van der Waals surface area contributed by atoms with Crippen LogP contribution in [0.4, 0.5) is 28.8 Å². The minimum Gasteiger partial charge on any atom is -0.372 e. The number of hydrogen-bond donors (Lipinski definition) is 2. The highest BCUT2D eigenvalue weighted by molar-refractivity contribution is 7.70. The molecule has 0 bridgehead atoms. The van der Waals surface area contributed by atoms with Gasteiger partial charge in [0.1, 0.15) is 12.2 Å². The van der Waals surface area contributed by atoms with Crippen LogP contribution in [-0.4, -0.2) is 60.4 Å². The summed E-state index contributed by atoms with van der Waals surface area (Å²) < 4.78 is 13.4. The summed E-state index contributed by atoms with van der Waals surface area (Å²) in [4.78, 5) is 14.3. The molecule has 2 aromatic carbocycles. The van der Waals surface area contributed by atoms with E-state index in [4.69, 9.17) is 16.6 Å². The van der Waals surface area contributed by atoms with E-state index >= 15 is 0 Å². The topological polar surface area (TPSA) is 73.4 Å². The Kier molecular flexibility index (Phi) is 8.57. The number of rotatable bonds is 7. The largest absolute Gasteiger partial charge is 0.372 e. The number of benzene rings is 2. The van der Waals surface area contributed by atoms with Crippen LogP contribution >= 0.6 is 18.7 Å². The first-order valence-electron chi connectivity index (χ1n) is 15.2. The molecule has 9 heteroatoms. The van der Waals surface area contributed by atoms with E-state index in [9.17, 15) is 4.57 Å². The Hall–Kier alpha value is -2.60. The highest BCUT2D eigenvalue weighted by atomic mass is 35.5. The standard InChI is InChI=1S/C32H42ClN6OP/c1-41(2,40)30-21-27(39-16-4-3-5-17-39)14-15-29(30)36-31-28(33)22-34-32(37-31)35-25-11-8-23-9-12-26(13-10-24(23)20-25)38-18-6-7-19-38/h8,11,14-15,20-22,26H,3-7,9-10,12-13,16-19H2,1-2H3,(H2,34,35,36,37)/t26-/m0/s1. The molecule has 0 amide bonds. The molecule has 2 aliphatic heterocycles. The van der Waals surface area contributed by atoms with E-state index < -0.39 is 7.14 Å². The maximum atomic E-state index is 13.4. The third-order valence-electron chi connectivity index (χ3n) is 8.89. The number of nitrogens with one attached hydrogen (secondary N) is 2. The monoisotopic (exact) mass is 592 g/mol. The fraction of sp³-hybridized carbons (Fsp3) is 0.500. The SMILES string of the molecule is CP(C)(=O)c1cc(N2CCCCC2)ccc1Nc1nc(Nc2ccc3c(c2)CC[C@@H](N2CCCC2)CC3)ncc1Cl. The highest BCUT2D eigenvalue weighted by Gasteiger charge is 2.25. The second kappa shape index (κ2) is 12.3. The lowest BCUT2D eigenvalue weighted by atomic mass is 10.0. The summed E-state index contributed by atoms with van der Waals surface area (Å²) in [6, 6.07) is 13.5. The Morgan fingerprint density at radius 3 is 2.37 bits per heavy atom. The van der Waals surface area contributed by atoms with Crippen molar-refractivity contribution >= 4 is 52.9 Å². The molecule has 3 heterocycles. The number of aryl methyl sites for hydroxylation is 2. The van der Waals surface area contributed by atoms with Crippen molar-refractivity contribution in [1.29, 1.82) is 0 Å². The smallest absolute Gasteiger partial charge is 0.229 e. The maximum Gasteiger partial charge on any atom is 0.229 e. The van der Waals surface area contributed by atoms with Crippen LogP contribution in [-0.2, 0) is 17.4 Å². The van der Waals surface area contributed by atoms with Gasteiger partial charge >= 0.3 is 0 Å². The summed E-state index contributed by atoms with van der Waals surface area (Å²) in [6.07, 6.45) is 12.7. The lowest BCUT2D eigenvalue weighted by molar-refractivity contribution is 0.222. The molecular formula is C32H42ClN6OP. The Labute approximate surface area is 249 Å². The Balaban J connectivity index is 1.19. The van der Waals surface area contributed by atoms with E-state index in [2.05, 4.69) is 55.7 Å². The molecule has 2 N–H and O–H groups in total. The lowest BCUT2D eigenvalue weighted by Gasteiger charge is -2.30. The number of nitrogens with zero attached hydrogens (tertiary/aromatic N) is 4. The van der Waals surface area contributed by atoms with Crippen molar-refractivity contribution in [3.05, 3.63) is 58.7 Å². The van der Waals surface area contributed by atoms with Gasteiger partial charge in [0, 0.05) is 35.8 Å². The minimum absolute atomic E-state index is 0.415. The molecule has 1 aliphatic carbocycles. The first-order chi connectivity index (χ1) is 19.8. The quantitative estimate of drug-likeness (QED) is 0.222. The zero-order valence-electron chi connectivity index (χ0n) is 24.3. The van der Waals surface area contributed by atoms with E-state index in [1.807, 2.05) is 19.4 Å². The number of piperidine rings is 1. The van der Waals surface area contributed by atoms with Crippen LogP contribution in [0.3, 0.4) is 0 Å². The van der Waals surface area contributed by atoms with Gasteiger partial charge in [0.05, 0.1) is 11.9 Å². The summed E-state index contributed by atoms with van der Waals surface area (Å²) in [5.74, 6) is 0.968. The zero-order valence-corrected chi connectivity index (χ0v) is 26.0. The van der Waals surface area contributed by atoms with Gasteiger partial charge in [-0.15, -0.1) is 0 Å². The molecule has 6 rings (SSSR count). The summed E-state index contributed by atoms with van der Waals surface area (Å²) in [5, 5.41) is 8.00. The van der Waals surface area contributed by atoms with E-state index in [1.165, 1.54) is 69.2 Å². The van der Waals surface area contributed by atoms with Gasteiger partial charge in [0.2, 0.25) is 5.95 Å². The van der Waals surface area contributed by atoms with Gasteiger partial charge in [-0.25, -0.2) is 4.98 Å². The molecule has 7 nitrogen and oxygen atoms in total. The van der Waals surface area contributed by atoms with Crippen molar-refractivity contribution in [2.75, 3.05) is 55.0 Å². The van der Waals surface area contributed by atoms with Gasteiger partial charge < -0.3 is 25.0 Å². The van der Waals surface area contributed by atoms with Crippen molar-refractivity contribution in [3.63, 3.8) is 0 Å². The van der Waals surface area contributed by atoms with Crippen molar-refractivity contribution in [1.82, 2.24) is 14.9 Å². The van der Waals surface area contributed by atoms with Crippen LogP contribution in [0.1, 0.15) is 56.1 Å². The van der Waals surface area contributed by atoms with Crippen molar-refractivity contribution in [2.45, 2.75) is 63.8 Å². The van der Waals surface area contributed by atoms with E-state index in [-0.39, 0.29) is 0 Å². The summed E-state index contributed by atoms with van der Waals surface area (Å²) in [7, 11) is -2.57. The minimum atomic E-state index is -2.57. The molecule has 2 fully saturated rings. The zero-order chi connectivity index (χ0) is 28.4. The molecule has 218 valence electrons. The second-order valence-corrected chi connectivity index (χ2v) is 15.8. The molecule has 0 radical (unpaired) electrons. The maximum absolute atomic E-state index is 13.4. The highest BCUT2D eigenvalue weighted by Crippen LogP contribution is 2.40. The van der Waals surface area contributed by atoms with Crippen LogP contribution in [0.15, 0.2) is 42.6 Å². The van der Waals surface area contributed by atoms with E-state index in [0.717, 1.165) is 48.3 Å². The van der Waals surface area contributed by atoms with Crippen LogP contribution < -0.4 is 20.8 Å². The van der Waals surface area contributed by atoms with Gasteiger partial charge in [-0.1, -0.05) is 17.7 Å². The van der Waals surface area contributed by atoms with Crippen molar-refractivity contribution < 1.29 is 4.57 Å². The average Bonchev–Trinajstić information content (AvgIpc) is 3.42. The molecular weight excluding hydrogens is 551 g/mol. The van der Waals surface area contributed by atoms with Gasteiger partial charge in [-0.3, -0.25) is 0 Å². The van der Waals surface area contributed by atoms with Crippen LogP contribution in [0, 0.1) is 0 Å². The van der Waals surface area contributed by atoms with Gasteiger partial charge in [0.25, 0.3) is 0 Å². The van der Waals surface area contributed by atoms with Gasteiger partial charge in [0.15, 0.2) is 5.82 Å². The Bertz CT molecular complexity index is 1430. The van der Waals surface area contributed by atoms with Crippen molar-refractivity contribution in [3.8, 4) is 0 Å². The molecule has 0 spiro atoms. The molecule has 1 atom stereocenters. The van der Waals surface area contributed by atoms with Crippen LogP contribution in [0.5, 0.6) is 0 Å². The third-order valence-corrected chi connectivity index (χ3v) is 10.7. The number of fused-ring (bicyclic) bond motifs is 1. The molecule has 0 unspecified atom stereocenters. The lowest BCUT2D eigenvalue weighted by Crippen LogP contribution is -2.32. The predicted molar refractivity (Wildman–Crippen MR) is 173 cm³/mol. The van der Waals surface area contributed by atoms with Crippen LogP contribution in [0.2, 0.25) is 5.02 Å². The summed E-state index contributed by atoms with van der Waals surface area (Å²) in [5.41, 5.74) is 5.75. The fourth-order valence-electron chi connectivity index (χ4n) is 6.63. The average molecular weight is 593 g/mol. The number of anilines is 5. The van der Waals surface area contributed by atoms with Gasteiger partial charge in [-0.2, -0.15) is 4.98 Å². The van der Waals surface area contributed by atoms with Gasteiger partial charge in [-0.05, 0) is 126 Å². The molecule has 41 heavy (non-hydrogen) atoms. The number of likely N-dealkylation sites (tertiary alicyclic amines) is 1. The molecule has 0 saturated carbocycles. The fourth-order valence-corrected chi connectivity index (χ4v) is 7.92. The Morgan fingerprint density at radius 2 is 1.61 bits per heavy atom. The molecule has 2 saturated heterocycles. The number of aromatic nitrogens is 2. The second-order valence-electron chi connectivity index (χ2n) is 12.2. The summed E-state index contributed by atoms with van der Waals surface area (Å²) in [6.45, 7) is 8.23. The normalized spacial score (nSPS) is 20.0. The molecule has 3 aromatic rings. The van der Waals surface area contributed by atoms with Crippen LogP contribution in [0.25, 0.3) is 0 Å².